The van der Waals surface area contributed by atoms with Crippen LogP contribution in [0.4, 0.5) is 0 Å². The zero-order valence-electron chi connectivity index (χ0n) is 15.0. The summed E-state index contributed by atoms with van der Waals surface area (Å²) in [7, 11) is 0. The van der Waals surface area contributed by atoms with Crippen LogP contribution in [0.5, 0.6) is 0 Å². The quantitative estimate of drug-likeness (QED) is 0.349. The highest BCUT2D eigenvalue weighted by Gasteiger charge is 1.65. The molecule has 0 spiro atoms. The molecule has 0 aromatic heterocycles. The number of rotatable bonds is 11. The molecule has 0 bridgehead atoms. The fourth-order valence-electron chi connectivity index (χ4n) is 1.41. The van der Waals surface area contributed by atoms with E-state index in [0.717, 1.165) is 0 Å². The second-order valence-corrected chi connectivity index (χ2v) is 4.61. The first-order valence-corrected chi connectivity index (χ1v) is 8.32. The number of allylic oxidation sites excluding steroid dienone is 23. The minimum absolute atomic E-state index is 1.75. The van der Waals surface area contributed by atoms with E-state index in [4.69, 9.17) is 0 Å². The number of hydrogen-bond acceptors (Lipinski definition) is 0. The van der Waals surface area contributed by atoms with Crippen LogP contribution in [0.2, 0.25) is 0 Å². The molecular formula is C25H28. The van der Waals surface area contributed by atoms with Crippen LogP contribution in [-0.2, 0) is 0 Å². The van der Waals surface area contributed by atoms with Crippen LogP contribution in [0.25, 0.3) is 0 Å². The standard InChI is InChI=1S/C25H28/c1-3-5-7-9-11-13-15-17-19-21-23-25-24-22-20-18-16-14-12-10-8-6-4-2/h3-25H,1H2,2H3. The van der Waals surface area contributed by atoms with Gasteiger partial charge in [-0.15, -0.1) is 0 Å². The van der Waals surface area contributed by atoms with Gasteiger partial charge in [0.25, 0.3) is 0 Å². The molecule has 0 N–H and O–H groups in total. The second-order valence-electron chi connectivity index (χ2n) is 4.61. The van der Waals surface area contributed by atoms with E-state index in [1.807, 2.05) is 141 Å². The Labute approximate surface area is 153 Å². The Morgan fingerprint density at radius 1 is 0.320 bits per heavy atom. The average molecular weight is 328 g/mol. The van der Waals surface area contributed by atoms with Gasteiger partial charge in [0.1, 0.15) is 0 Å². The highest BCUT2D eigenvalue weighted by atomic mass is 13.7. The molecule has 25 heavy (non-hydrogen) atoms. The van der Waals surface area contributed by atoms with Crippen molar-refractivity contribution in [1.29, 1.82) is 0 Å². The maximum absolute atomic E-state index is 3.61. The molecule has 0 aliphatic heterocycles. The zero-order valence-corrected chi connectivity index (χ0v) is 15.0. The third kappa shape index (κ3) is 20.9. The summed E-state index contributed by atoms with van der Waals surface area (Å²) in [5, 5.41) is 0. The summed E-state index contributed by atoms with van der Waals surface area (Å²) in [5.41, 5.74) is 0. The minimum atomic E-state index is 1.75. The van der Waals surface area contributed by atoms with Crippen LogP contribution in [0.15, 0.2) is 146 Å². The molecule has 0 heteroatoms. The van der Waals surface area contributed by atoms with Gasteiger partial charge in [0.2, 0.25) is 0 Å². The van der Waals surface area contributed by atoms with Crippen molar-refractivity contribution in [1.82, 2.24) is 0 Å². The molecule has 0 saturated heterocycles. The molecule has 0 rings (SSSR count). The normalized spacial score (nSPS) is 14.6. The lowest BCUT2D eigenvalue weighted by Crippen LogP contribution is -1.54. The Hall–Kier alpha value is -3.12. The maximum atomic E-state index is 3.61. The van der Waals surface area contributed by atoms with Crippen molar-refractivity contribution in [2.45, 2.75) is 6.92 Å². The second kappa shape index (κ2) is 20.9. The molecule has 0 aliphatic rings. The molecule has 0 heterocycles. The molecule has 0 aliphatic carbocycles. The van der Waals surface area contributed by atoms with Gasteiger partial charge in [-0.1, -0.05) is 146 Å². The van der Waals surface area contributed by atoms with Crippen LogP contribution in [-0.4, -0.2) is 0 Å². The third-order valence-corrected chi connectivity index (χ3v) is 2.55. The molecule has 0 aromatic rings. The Morgan fingerprint density at radius 2 is 0.520 bits per heavy atom. The van der Waals surface area contributed by atoms with Crippen molar-refractivity contribution < 1.29 is 0 Å². The molecule has 0 aromatic carbocycles. The first-order valence-electron chi connectivity index (χ1n) is 8.32. The third-order valence-electron chi connectivity index (χ3n) is 2.55. The van der Waals surface area contributed by atoms with Crippen molar-refractivity contribution in [2.24, 2.45) is 0 Å². The Kier molecular flexibility index (Phi) is 18.3. The molecule has 0 radical (unpaired) electrons. The molecule has 128 valence electrons. The summed E-state index contributed by atoms with van der Waals surface area (Å²) in [6.45, 7) is 5.60. The van der Waals surface area contributed by atoms with E-state index in [0.29, 0.717) is 0 Å². The fourth-order valence-corrected chi connectivity index (χ4v) is 1.41. The summed E-state index contributed by atoms with van der Waals surface area (Å²) in [6, 6.07) is 0. The van der Waals surface area contributed by atoms with Gasteiger partial charge in [0.15, 0.2) is 0 Å². The van der Waals surface area contributed by atoms with Gasteiger partial charge < -0.3 is 0 Å². The highest BCUT2D eigenvalue weighted by molar-refractivity contribution is 5.23. The first kappa shape index (κ1) is 21.9. The van der Waals surface area contributed by atoms with E-state index in [9.17, 15) is 0 Å². The molecule has 0 nitrogen and oxygen atoms in total. The van der Waals surface area contributed by atoms with Crippen LogP contribution in [0.3, 0.4) is 0 Å². The highest BCUT2D eigenvalue weighted by Crippen LogP contribution is 1.87. The topological polar surface area (TPSA) is 0 Å². The lowest BCUT2D eigenvalue weighted by atomic mass is 10.3. The van der Waals surface area contributed by atoms with Gasteiger partial charge >= 0.3 is 0 Å². The lowest BCUT2D eigenvalue weighted by molar-refractivity contribution is 1.73. The van der Waals surface area contributed by atoms with Crippen molar-refractivity contribution >= 4 is 0 Å². The maximum Gasteiger partial charge on any atom is -0.0467 e. The number of hydrogen-bond donors (Lipinski definition) is 0. The molecule has 0 saturated carbocycles. The fraction of sp³-hybridized carbons (Fsp3) is 0.0400. The monoisotopic (exact) mass is 328 g/mol. The zero-order chi connectivity index (χ0) is 18.3. The summed E-state index contributed by atoms with van der Waals surface area (Å²) >= 11 is 0. The largest absolute Gasteiger partial charge is 0.0991 e. The lowest BCUT2D eigenvalue weighted by Gasteiger charge is -1.76. The molecule has 0 fully saturated rings. The Bertz CT molecular complexity index is 634. The Balaban J connectivity index is 3.92. The van der Waals surface area contributed by atoms with E-state index >= 15 is 0 Å². The SMILES string of the molecule is C=CC=CC=CC=CC=CC=CC=CC=CC=CC=CC=CC=CC. The average Bonchev–Trinajstić information content (AvgIpc) is 2.63. The van der Waals surface area contributed by atoms with Gasteiger partial charge in [0, 0.05) is 0 Å². The van der Waals surface area contributed by atoms with E-state index in [1.165, 1.54) is 0 Å². The predicted octanol–water partition coefficient (Wildman–Crippen LogP) is 7.31. The first-order chi connectivity index (χ1) is 12.4. The van der Waals surface area contributed by atoms with Crippen LogP contribution in [0.1, 0.15) is 6.92 Å². The summed E-state index contributed by atoms with van der Waals surface area (Å²) < 4.78 is 0. The van der Waals surface area contributed by atoms with Crippen molar-refractivity contribution in [3.63, 3.8) is 0 Å². The smallest absolute Gasteiger partial charge is 0.0467 e. The minimum Gasteiger partial charge on any atom is -0.0991 e. The summed E-state index contributed by atoms with van der Waals surface area (Å²) in [4.78, 5) is 0. The van der Waals surface area contributed by atoms with Gasteiger partial charge in [-0.25, -0.2) is 0 Å². The van der Waals surface area contributed by atoms with E-state index in [1.54, 1.807) is 6.08 Å². The Morgan fingerprint density at radius 3 is 0.720 bits per heavy atom. The van der Waals surface area contributed by atoms with E-state index in [-0.39, 0.29) is 0 Å². The van der Waals surface area contributed by atoms with Crippen molar-refractivity contribution in [3.05, 3.63) is 146 Å². The summed E-state index contributed by atoms with van der Waals surface area (Å²) in [6.07, 6.45) is 45.4. The molecule has 0 amide bonds. The molecular weight excluding hydrogens is 300 g/mol. The molecule has 0 atom stereocenters. The molecule has 0 unspecified atom stereocenters. The van der Waals surface area contributed by atoms with Crippen LogP contribution >= 0.6 is 0 Å². The van der Waals surface area contributed by atoms with Crippen LogP contribution < -0.4 is 0 Å². The van der Waals surface area contributed by atoms with E-state index < -0.39 is 0 Å². The van der Waals surface area contributed by atoms with Gasteiger partial charge in [0.05, 0.1) is 0 Å². The predicted molar refractivity (Wildman–Crippen MR) is 116 cm³/mol. The van der Waals surface area contributed by atoms with Gasteiger partial charge in [-0.05, 0) is 6.92 Å². The van der Waals surface area contributed by atoms with Crippen LogP contribution in [0, 0.1) is 0 Å². The van der Waals surface area contributed by atoms with Crippen molar-refractivity contribution in [2.75, 3.05) is 0 Å². The van der Waals surface area contributed by atoms with Gasteiger partial charge in [-0.2, -0.15) is 0 Å². The van der Waals surface area contributed by atoms with Crippen molar-refractivity contribution in [3.8, 4) is 0 Å². The van der Waals surface area contributed by atoms with E-state index in [2.05, 4.69) is 6.58 Å². The van der Waals surface area contributed by atoms with Gasteiger partial charge in [-0.3, -0.25) is 0 Å². The summed E-state index contributed by atoms with van der Waals surface area (Å²) in [5.74, 6) is 0.